The molecule has 6 nitrogen and oxygen atoms in total. The number of allylic oxidation sites excluding steroid dienone is 2. The summed E-state index contributed by atoms with van der Waals surface area (Å²) in [6.45, 7) is 0. The van der Waals surface area contributed by atoms with Gasteiger partial charge in [0.25, 0.3) is 0 Å². The number of hydrogen-bond acceptors (Lipinski definition) is 4. The van der Waals surface area contributed by atoms with Crippen LogP contribution >= 0.6 is 0 Å². The molecule has 2 heterocycles. The van der Waals surface area contributed by atoms with E-state index in [1.54, 1.807) is 19.4 Å². The maximum atomic E-state index is 13.9. The van der Waals surface area contributed by atoms with Crippen LogP contribution in [0.3, 0.4) is 0 Å². The van der Waals surface area contributed by atoms with E-state index in [-0.39, 0.29) is 5.82 Å². The number of nitrogens with zero attached hydrogens (tertiary/aromatic N) is 1. The van der Waals surface area contributed by atoms with Crippen molar-refractivity contribution < 1.29 is 17.5 Å². The number of halogens is 1. The minimum absolute atomic E-state index is 0.347. The quantitative estimate of drug-likeness (QED) is 0.698. The van der Waals surface area contributed by atoms with Gasteiger partial charge in [0.1, 0.15) is 17.2 Å². The monoisotopic (exact) mass is 401 g/mol. The van der Waals surface area contributed by atoms with Gasteiger partial charge < -0.3 is 9.72 Å². The van der Waals surface area contributed by atoms with Gasteiger partial charge in [-0.05, 0) is 60.7 Å². The normalized spacial score (nSPS) is 17.5. The predicted molar refractivity (Wildman–Crippen MR) is 107 cm³/mol. The third kappa shape index (κ3) is 3.41. The van der Waals surface area contributed by atoms with Crippen molar-refractivity contribution in [3.63, 3.8) is 0 Å². The molecule has 0 saturated carbocycles. The van der Waals surface area contributed by atoms with Gasteiger partial charge in [-0.3, -0.25) is 0 Å². The van der Waals surface area contributed by atoms with Crippen LogP contribution < -0.4 is 9.88 Å². The van der Waals surface area contributed by atoms with Crippen LogP contribution in [0.15, 0.2) is 42.6 Å². The highest BCUT2D eigenvalue weighted by Gasteiger charge is 2.25. The Hall–Kier alpha value is -2.71. The first-order valence-electron chi connectivity index (χ1n) is 8.89. The molecule has 1 aliphatic carbocycles. The van der Waals surface area contributed by atoms with Gasteiger partial charge in [-0.1, -0.05) is 6.08 Å². The average Bonchev–Trinajstić information content (AvgIpc) is 3.11. The first kappa shape index (κ1) is 18.6. The molecule has 0 radical (unpaired) electrons. The van der Waals surface area contributed by atoms with Crippen molar-refractivity contribution in [2.45, 2.75) is 24.5 Å². The van der Waals surface area contributed by atoms with Gasteiger partial charge in [0.15, 0.2) is 0 Å². The van der Waals surface area contributed by atoms with Crippen LogP contribution in [0.25, 0.3) is 27.7 Å². The Balaban J connectivity index is 1.77. The fourth-order valence-corrected chi connectivity index (χ4v) is 4.49. The predicted octanol–water partition coefficient (Wildman–Crippen LogP) is 3.60. The number of ether oxygens (including phenoxy) is 1. The van der Waals surface area contributed by atoms with Gasteiger partial charge in [0, 0.05) is 22.8 Å². The standard InChI is InChI=1S/C20H20FN3O3S/c1-27-19-7-4-13(21)10-16(19)15-8-9-23-20-17(15)11-18(24-20)12-2-5-14(6-3-12)28(22,25)26/h2,4,7-11,14H,3,5-6H2,1H3,(H,23,24)(H2,22,25,26). The van der Waals surface area contributed by atoms with E-state index in [4.69, 9.17) is 9.88 Å². The number of nitrogens with one attached hydrogen (secondary N) is 1. The molecule has 3 aromatic rings. The number of hydrogen-bond donors (Lipinski definition) is 2. The summed E-state index contributed by atoms with van der Waals surface area (Å²) in [5.41, 5.74) is 4.02. The molecule has 0 fully saturated rings. The highest BCUT2D eigenvalue weighted by atomic mass is 32.2. The van der Waals surface area contributed by atoms with Crippen LogP contribution in [0.5, 0.6) is 5.75 Å². The molecule has 8 heteroatoms. The van der Waals surface area contributed by atoms with E-state index in [0.29, 0.717) is 36.2 Å². The summed E-state index contributed by atoms with van der Waals surface area (Å²) < 4.78 is 42.3. The highest BCUT2D eigenvalue weighted by Crippen LogP contribution is 2.37. The zero-order chi connectivity index (χ0) is 19.9. The maximum Gasteiger partial charge on any atom is 0.212 e. The smallest absolute Gasteiger partial charge is 0.212 e. The first-order valence-corrected chi connectivity index (χ1v) is 10.5. The fraction of sp³-hybridized carbons (Fsp3) is 0.250. The largest absolute Gasteiger partial charge is 0.496 e. The minimum atomic E-state index is -3.53. The van der Waals surface area contributed by atoms with Gasteiger partial charge in [-0.25, -0.2) is 22.9 Å². The van der Waals surface area contributed by atoms with Gasteiger partial charge in [0.05, 0.1) is 12.4 Å². The maximum absolute atomic E-state index is 13.9. The Labute approximate surface area is 162 Å². The zero-order valence-corrected chi connectivity index (χ0v) is 16.1. The van der Waals surface area contributed by atoms with Crippen LogP contribution in [-0.2, 0) is 10.0 Å². The van der Waals surface area contributed by atoms with E-state index in [1.807, 2.05) is 18.2 Å². The molecule has 1 aliphatic rings. The molecule has 28 heavy (non-hydrogen) atoms. The number of fused-ring (bicyclic) bond motifs is 1. The second-order valence-corrected chi connectivity index (χ2v) is 8.71. The molecule has 1 atom stereocenters. The van der Waals surface area contributed by atoms with Crippen molar-refractivity contribution in [1.82, 2.24) is 9.97 Å². The van der Waals surface area contributed by atoms with Crippen molar-refractivity contribution in [2.75, 3.05) is 7.11 Å². The second kappa shape index (κ2) is 7.03. The lowest BCUT2D eigenvalue weighted by Gasteiger charge is -2.19. The van der Waals surface area contributed by atoms with Gasteiger partial charge in [-0.2, -0.15) is 0 Å². The molecular weight excluding hydrogens is 381 g/mol. The molecule has 0 bridgehead atoms. The number of nitrogens with two attached hydrogens (primary N) is 1. The third-order valence-corrected chi connectivity index (χ3v) is 6.51. The third-order valence-electron chi connectivity index (χ3n) is 5.16. The molecule has 0 amide bonds. The van der Waals surface area contributed by atoms with E-state index in [1.165, 1.54) is 12.1 Å². The molecular formula is C20H20FN3O3S. The van der Waals surface area contributed by atoms with Crippen molar-refractivity contribution >= 4 is 26.6 Å². The summed E-state index contributed by atoms with van der Waals surface area (Å²) in [6.07, 6.45) is 5.05. The number of pyridine rings is 1. The lowest BCUT2D eigenvalue weighted by atomic mass is 9.96. The number of benzene rings is 1. The molecule has 0 aliphatic heterocycles. The van der Waals surface area contributed by atoms with Crippen LogP contribution in [0.4, 0.5) is 4.39 Å². The van der Waals surface area contributed by atoms with E-state index in [9.17, 15) is 12.8 Å². The summed E-state index contributed by atoms with van der Waals surface area (Å²) in [5.74, 6) is 0.227. The number of aromatic amines is 1. The summed E-state index contributed by atoms with van der Waals surface area (Å²) >= 11 is 0. The van der Waals surface area contributed by atoms with Crippen molar-refractivity contribution in [3.05, 3.63) is 54.1 Å². The minimum Gasteiger partial charge on any atom is -0.496 e. The molecule has 4 rings (SSSR count). The average molecular weight is 401 g/mol. The number of primary sulfonamides is 1. The zero-order valence-electron chi connectivity index (χ0n) is 15.3. The van der Waals surface area contributed by atoms with Crippen LogP contribution in [0.1, 0.15) is 25.0 Å². The number of rotatable bonds is 4. The lowest BCUT2D eigenvalue weighted by molar-refractivity contribution is 0.415. The Bertz CT molecular complexity index is 1180. The van der Waals surface area contributed by atoms with Gasteiger partial charge >= 0.3 is 0 Å². The lowest BCUT2D eigenvalue weighted by Crippen LogP contribution is -2.29. The SMILES string of the molecule is COc1ccc(F)cc1-c1ccnc2[nH]c(C3=CCC(S(N)(=O)=O)CC3)cc12. The molecule has 0 saturated heterocycles. The Morgan fingerprint density at radius 3 is 2.75 bits per heavy atom. The van der Waals surface area contributed by atoms with E-state index < -0.39 is 15.3 Å². The fourth-order valence-electron chi connectivity index (χ4n) is 3.68. The summed E-state index contributed by atoms with van der Waals surface area (Å²) in [7, 11) is -1.98. The number of aromatic nitrogens is 2. The molecule has 1 unspecified atom stereocenters. The number of methoxy groups -OCH3 is 1. The van der Waals surface area contributed by atoms with Crippen molar-refractivity contribution in [2.24, 2.45) is 5.14 Å². The van der Waals surface area contributed by atoms with E-state index >= 15 is 0 Å². The van der Waals surface area contributed by atoms with Crippen molar-refractivity contribution in [3.8, 4) is 16.9 Å². The molecule has 0 spiro atoms. The second-order valence-electron chi connectivity index (χ2n) is 6.86. The van der Waals surface area contributed by atoms with Gasteiger partial charge in [-0.15, -0.1) is 0 Å². The summed E-state index contributed by atoms with van der Waals surface area (Å²) in [5, 5.41) is 5.57. The molecule has 1 aromatic carbocycles. The van der Waals surface area contributed by atoms with Crippen molar-refractivity contribution in [1.29, 1.82) is 0 Å². The Morgan fingerprint density at radius 2 is 2.07 bits per heavy atom. The Kier molecular flexibility index (Phi) is 4.68. The molecule has 2 aromatic heterocycles. The number of H-pyrrole nitrogens is 1. The van der Waals surface area contributed by atoms with Crippen LogP contribution in [-0.4, -0.2) is 30.7 Å². The Morgan fingerprint density at radius 1 is 1.25 bits per heavy atom. The van der Waals surface area contributed by atoms with Crippen LogP contribution in [0, 0.1) is 5.82 Å². The summed E-state index contributed by atoms with van der Waals surface area (Å²) in [6, 6.07) is 8.19. The topological polar surface area (TPSA) is 98.1 Å². The summed E-state index contributed by atoms with van der Waals surface area (Å²) in [4.78, 5) is 7.67. The van der Waals surface area contributed by atoms with Crippen LogP contribution in [0.2, 0.25) is 0 Å². The van der Waals surface area contributed by atoms with E-state index in [0.717, 1.165) is 22.2 Å². The van der Waals surface area contributed by atoms with E-state index in [2.05, 4.69) is 9.97 Å². The number of sulfonamides is 1. The first-order chi connectivity index (χ1) is 13.4. The van der Waals surface area contributed by atoms with Gasteiger partial charge in [0.2, 0.25) is 10.0 Å². The molecule has 146 valence electrons. The highest BCUT2D eigenvalue weighted by molar-refractivity contribution is 7.89. The molecule has 3 N–H and O–H groups in total.